The Morgan fingerprint density at radius 1 is 1.00 bits per heavy atom. The molecule has 104 valence electrons. The van der Waals surface area contributed by atoms with Crippen LogP contribution in [0.4, 0.5) is 0 Å². The highest BCUT2D eigenvalue weighted by atomic mass is 16.5. The van der Waals surface area contributed by atoms with E-state index in [1.807, 2.05) is 0 Å². The highest BCUT2D eigenvalue weighted by Crippen LogP contribution is 2.41. The molecule has 3 atom stereocenters. The quantitative estimate of drug-likeness (QED) is 0.778. The molecule has 3 aliphatic heterocycles. The first kappa shape index (κ1) is 12.9. The smallest absolute Gasteiger partial charge is 0.0729 e. The summed E-state index contributed by atoms with van der Waals surface area (Å²) in [5.41, 5.74) is 0.171. The molecule has 1 N–H and O–H groups in total. The topological polar surface area (TPSA) is 30.5 Å². The molecule has 1 spiro atoms. The Morgan fingerprint density at radius 3 is 2.56 bits per heavy atom. The van der Waals surface area contributed by atoms with Gasteiger partial charge in [-0.1, -0.05) is 0 Å². The first-order valence-electron chi connectivity index (χ1n) is 7.72. The van der Waals surface area contributed by atoms with Crippen molar-refractivity contribution < 1.29 is 9.47 Å². The van der Waals surface area contributed by atoms with Crippen LogP contribution in [0, 0.1) is 11.8 Å². The number of rotatable bonds is 1. The van der Waals surface area contributed by atoms with Gasteiger partial charge in [-0.2, -0.15) is 0 Å². The highest BCUT2D eigenvalue weighted by molar-refractivity contribution is 4.92. The van der Waals surface area contributed by atoms with Crippen LogP contribution >= 0.6 is 0 Å². The van der Waals surface area contributed by atoms with E-state index in [4.69, 9.17) is 9.47 Å². The van der Waals surface area contributed by atoms with E-state index in [0.717, 1.165) is 50.5 Å². The molecule has 3 aliphatic rings. The van der Waals surface area contributed by atoms with Crippen LogP contribution in [0.5, 0.6) is 0 Å². The van der Waals surface area contributed by atoms with Crippen molar-refractivity contribution in [3.63, 3.8) is 0 Å². The second-order valence-corrected chi connectivity index (χ2v) is 6.54. The molecule has 0 bridgehead atoms. The maximum atomic E-state index is 6.15. The average molecular weight is 253 g/mol. The third-order valence-corrected chi connectivity index (χ3v) is 5.30. The zero-order valence-corrected chi connectivity index (χ0v) is 11.6. The number of nitrogens with one attached hydrogen (secondary N) is 1. The summed E-state index contributed by atoms with van der Waals surface area (Å²) in [7, 11) is 0. The zero-order chi connectivity index (χ0) is 12.4. The van der Waals surface area contributed by atoms with Gasteiger partial charge in [0.25, 0.3) is 0 Å². The van der Waals surface area contributed by atoms with Gasteiger partial charge in [-0.05, 0) is 63.8 Å². The van der Waals surface area contributed by atoms with Crippen molar-refractivity contribution in [3.05, 3.63) is 0 Å². The van der Waals surface area contributed by atoms with E-state index in [1.165, 1.54) is 32.2 Å². The molecule has 3 saturated heterocycles. The van der Waals surface area contributed by atoms with Crippen molar-refractivity contribution in [2.45, 2.75) is 57.1 Å². The molecule has 0 saturated carbocycles. The number of ether oxygens (including phenoxy) is 2. The van der Waals surface area contributed by atoms with Gasteiger partial charge in [0.2, 0.25) is 0 Å². The minimum atomic E-state index is 0.171. The minimum absolute atomic E-state index is 0.171. The van der Waals surface area contributed by atoms with Crippen LogP contribution in [0.15, 0.2) is 0 Å². The van der Waals surface area contributed by atoms with Crippen LogP contribution < -0.4 is 5.32 Å². The summed E-state index contributed by atoms with van der Waals surface area (Å²) in [5.74, 6) is 1.75. The molecule has 0 aromatic rings. The van der Waals surface area contributed by atoms with Crippen molar-refractivity contribution in [1.82, 2.24) is 5.32 Å². The lowest BCUT2D eigenvalue weighted by molar-refractivity contribution is -0.153. The number of hydrogen-bond acceptors (Lipinski definition) is 3. The molecule has 0 radical (unpaired) electrons. The molecule has 0 aromatic carbocycles. The summed E-state index contributed by atoms with van der Waals surface area (Å²) in [5, 5.41) is 3.66. The second kappa shape index (κ2) is 5.48. The Balaban J connectivity index is 1.59. The number of hydrogen-bond donors (Lipinski definition) is 1. The fourth-order valence-corrected chi connectivity index (χ4v) is 3.98. The van der Waals surface area contributed by atoms with Crippen molar-refractivity contribution in [3.8, 4) is 0 Å². The van der Waals surface area contributed by atoms with E-state index in [9.17, 15) is 0 Å². The maximum absolute atomic E-state index is 6.15. The van der Waals surface area contributed by atoms with Crippen molar-refractivity contribution in [2.24, 2.45) is 11.8 Å². The summed E-state index contributed by atoms with van der Waals surface area (Å²) in [6.07, 6.45) is 7.52. The fourth-order valence-electron chi connectivity index (χ4n) is 3.98. The van der Waals surface area contributed by atoms with Gasteiger partial charge < -0.3 is 14.8 Å². The van der Waals surface area contributed by atoms with Crippen LogP contribution in [-0.4, -0.2) is 38.0 Å². The minimum Gasteiger partial charge on any atom is -0.381 e. The molecule has 3 fully saturated rings. The van der Waals surface area contributed by atoms with Crippen LogP contribution in [0.1, 0.15) is 45.4 Å². The first-order chi connectivity index (χ1) is 8.77. The SMILES string of the molecule is CC1CCC(C2CCOC3(CCOCC3)C2)CN1. The molecule has 18 heavy (non-hydrogen) atoms. The van der Waals surface area contributed by atoms with Gasteiger partial charge in [-0.25, -0.2) is 0 Å². The Bertz CT molecular complexity index is 262. The summed E-state index contributed by atoms with van der Waals surface area (Å²) in [4.78, 5) is 0. The van der Waals surface area contributed by atoms with Gasteiger partial charge in [0.1, 0.15) is 0 Å². The van der Waals surface area contributed by atoms with Gasteiger partial charge in [0.05, 0.1) is 5.60 Å². The van der Waals surface area contributed by atoms with Crippen molar-refractivity contribution in [1.29, 1.82) is 0 Å². The van der Waals surface area contributed by atoms with E-state index in [-0.39, 0.29) is 5.60 Å². The Hall–Kier alpha value is -0.120. The van der Waals surface area contributed by atoms with Crippen LogP contribution in [0.2, 0.25) is 0 Å². The molecule has 3 unspecified atom stereocenters. The van der Waals surface area contributed by atoms with E-state index in [2.05, 4.69) is 12.2 Å². The van der Waals surface area contributed by atoms with Crippen molar-refractivity contribution in [2.75, 3.05) is 26.4 Å². The van der Waals surface area contributed by atoms with E-state index < -0.39 is 0 Å². The molecular weight excluding hydrogens is 226 g/mol. The Kier molecular flexibility index (Phi) is 3.92. The normalized spacial score (nSPS) is 40.8. The number of piperidine rings is 1. The van der Waals surface area contributed by atoms with E-state index in [0.29, 0.717) is 0 Å². The molecule has 3 heteroatoms. The summed E-state index contributed by atoms with van der Waals surface area (Å²) in [6, 6.07) is 0.720. The average Bonchev–Trinajstić information content (AvgIpc) is 2.40. The molecule has 3 rings (SSSR count). The third kappa shape index (κ3) is 2.73. The monoisotopic (exact) mass is 253 g/mol. The lowest BCUT2D eigenvalue weighted by atomic mass is 9.73. The Morgan fingerprint density at radius 2 is 1.83 bits per heavy atom. The molecule has 0 aromatic heterocycles. The Labute approximate surface area is 111 Å². The van der Waals surface area contributed by atoms with E-state index >= 15 is 0 Å². The molecule has 3 nitrogen and oxygen atoms in total. The second-order valence-electron chi connectivity index (χ2n) is 6.54. The van der Waals surface area contributed by atoms with Crippen LogP contribution in [0.3, 0.4) is 0 Å². The molecule has 3 heterocycles. The lowest BCUT2D eigenvalue weighted by Gasteiger charge is -2.46. The zero-order valence-electron chi connectivity index (χ0n) is 11.6. The standard InChI is InChI=1S/C15H27NO2/c1-12-2-3-14(11-16-12)13-4-7-18-15(10-13)5-8-17-9-6-15/h12-14,16H,2-11H2,1H3. The summed E-state index contributed by atoms with van der Waals surface area (Å²) in [6.45, 7) is 6.29. The van der Waals surface area contributed by atoms with Crippen LogP contribution in [0.25, 0.3) is 0 Å². The highest BCUT2D eigenvalue weighted by Gasteiger charge is 2.41. The van der Waals surface area contributed by atoms with Gasteiger partial charge in [-0.3, -0.25) is 0 Å². The summed E-state index contributed by atoms with van der Waals surface area (Å²) >= 11 is 0. The molecule has 0 aliphatic carbocycles. The lowest BCUT2D eigenvalue weighted by Crippen LogP contribution is -2.48. The van der Waals surface area contributed by atoms with Gasteiger partial charge in [-0.15, -0.1) is 0 Å². The molecular formula is C15H27NO2. The van der Waals surface area contributed by atoms with Crippen LogP contribution in [-0.2, 0) is 9.47 Å². The van der Waals surface area contributed by atoms with E-state index in [1.54, 1.807) is 0 Å². The predicted molar refractivity (Wildman–Crippen MR) is 71.6 cm³/mol. The first-order valence-corrected chi connectivity index (χ1v) is 7.72. The predicted octanol–water partition coefficient (Wildman–Crippen LogP) is 2.35. The molecule has 0 amide bonds. The maximum Gasteiger partial charge on any atom is 0.0729 e. The fraction of sp³-hybridized carbons (Fsp3) is 1.00. The van der Waals surface area contributed by atoms with Gasteiger partial charge >= 0.3 is 0 Å². The summed E-state index contributed by atoms with van der Waals surface area (Å²) < 4.78 is 11.6. The largest absolute Gasteiger partial charge is 0.381 e. The van der Waals surface area contributed by atoms with Gasteiger partial charge in [0, 0.05) is 25.9 Å². The van der Waals surface area contributed by atoms with Gasteiger partial charge in [0.15, 0.2) is 0 Å². The third-order valence-electron chi connectivity index (χ3n) is 5.30. The van der Waals surface area contributed by atoms with Crippen molar-refractivity contribution >= 4 is 0 Å².